The van der Waals surface area contributed by atoms with Crippen molar-refractivity contribution in [1.29, 1.82) is 0 Å². The molecule has 2 aromatic carbocycles. The highest BCUT2D eigenvalue weighted by atomic mass is 35.5. The van der Waals surface area contributed by atoms with E-state index in [1.54, 1.807) is 6.20 Å². The Morgan fingerprint density at radius 1 is 1.11 bits per heavy atom. The second-order valence-corrected chi connectivity index (χ2v) is 9.55. The normalized spacial score (nSPS) is 15.4. The smallest absolute Gasteiger partial charge is 0.229 e. The first-order chi connectivity index (χ1) is 17.5. The Morgan fingerprint density at radius 2 is 1.94 bits per heavy atom. The zero-order valence-corrected chi connectivity index (χ0v) is 22.3. The van der Waals surface area contributed by atoms with Gasteiger partial charge in [0, 0.05) is 43.1 Å². The molecule has 192 valence electrons. The number of anilines is 5. The van der Waals surface area contributed by atoms with Crippen molar-refractivity contribution >= 4 is 40.4 Å². The van der Waals surface area contributed by atoms with Gasteiger partial charge in [0.15, 0.2) is 5.82 Å². The van der Waals surface area contributed by atoms with Gasteiger partial charge in [0.1, 0.15) is 10.8 Å². The van der Waals surface area contributed by atoms with Gasteiger partial charge in [-0.05, 0) is 57.7 Å². The van der Waals surface area contributed by atoms with Crippen molar-refractivity contribution in [3.8, 4) is 5.75 Å². The number of ether oxygens (including phenoxy) is 1. The fourth-order valence-electron chi connectivity index (χ4n) is 4.42. The molecule has 0 unspecified atom stereocenters. The molecule has 0 bridgehead atoms. The van der Waals surface area contributed by atoms with Crippen LogP contribution in [0.15, 0.2) is 48.7 Å². The van der Waals surface area contributed by atoms with E-state index in [-0.39, 0.29) is 0 Å². The summed E-state index contributed by atoms with van der Waals surface area (Å²) in [7, 11) is 4.09. The molecule has 4 rings (SSSR count). The third-order valence-corrected chi connectivity index (χ3v) is 6.34. The first kappa shape index (κ1) is 26.0. The van der Waals surface area contributed by atoms with Gasteiger partial charge in [0.2, 0.25) is 5.95 Å². The van der Waals surface area contributed by atoms with Crippen molar-refractivity contribution < 1.29 is 4.74 Å². The van der Waals surface area contributed by atoms with Crippen LogP contribution in [0.5, 0.6) is 5.75 Å². The van der Waals surface area contributed by atoms with Crippen molar-refractivity contribution in [3.63, 3.8) is 0 Å². The van der Waals surface area contributed by atoms with E-state index >= 15 is 0 Å². The number of rotatable bonds is 11. The summed E-state index contributed by atoms with van der Waals surface area (Å²) in [6, 6.07) is 14.9. The Morgan fingerprint density at radius 3 is 2.72 bits per heavy atom. The molecule has 9 heteroatoms. The third kappa shape index (κ3) is 6.57. The van der Waals surface area contributed by atoms with E-state index < -0.39 is 0 Å². The first-order valence-corrected chi connectivity index (χ1v) is 12.9. The number of nitrogens with zero attached hydrogens (tertiary/aromatic N) is 4. The Labute approximate surface area is 219 Å². The monoisotopic (exact) mass is 509 g/mol. The summed E-state index contributed by atoms with van der Waals surface area (Å²) in [4.78, 5) is 13.6. The quantitative estimate of drug-likeness (QED) is 0.323. The molecule has 1 aliphatic rings. The summed E-state index contributed by atoms with van der Waals surface area (Å²) in [5.41, 5.74) is 4.07. The summed E-state index contributed by atoms with van der Waals surface area (Å²) in [5.74, 6) is 1.75. The van der Waals surface area contributed by atoms with E-state index in [4.69, 9.17) is 16.3 Å². The van der Waals surface area contributed by atoms with E-state index in [0.29, 0.717) is 29.4 Å². The zero-order valence-electron chi connectivity index (χ0n) is 21.5. The number of aromatic nitrogens is 2. The van der Waals surface area contributed by atoms with Crippen molar-refractivity contribution in [2.24, 2.45) is 0 Å². The summed E-state index contributed by atoms with van der Waals surface area (Å²) in [5, 5.41) is 10.7. The molecule has 0 spiro atoms. The molecule has 1 saturated heterocycles. The minimum absolute atomic E-state index is 0.439. The molecule has 3 N–H and O–H groups in total. The van der Waals surface area contributed by atoms with E-state index in [1.807, 2.05) is 45.3 Å². The van der Waals surface area contributed by atoms with E-state index in [1.165, 1.54) is 0 Å². The third-order valence-electron chi connectivity index (χ3n) is 6.06. The van der Waals surface area contributed by atoms with Crippen LogP contribution in [-0.2, 0) is 6.54 Å². The number of halogens is 1. The summed E-state index contributed by atoms with van der Waals surface area (Å²) >= 11 is 6.45. The minimum atomic E-state index is 0.439. The summed E-state index contributed by atoms with van der Waals surface area (Å²) in [6.45, 7) is 8.52. The lowest BCUT2D eigenvalue weighted by Gasteiger charge is -2.21. The molecule has 2 heterocycles. The van der Waals surface area contributed by atoms with Gasteiger partial charge in [-0.15, -0.1) is 0 Å². The minimum Gasteiger partial charge on any atom is -0.492 e. The van der Waals surface area contributed by atoms with Crippen LogP contribution in [0, 0.1) is 0 Å². The molecule has 0 aliphatic carbocycles. The molecule has 8 nitrogen and oxygen atoms in total. The lowest BCUT2D eigenvalue weighted by atomic mass is 10.1. The van der Waals surface area contributed by atoms with Crippen LogP contribution in [0.1, 0.15) is 25.8 Å². The maximum Gasteiger partial charge on any atom is 0.229 e. The first-order valence-electron chi connectivity index (χ1n) is 12.5. The number of hydrogen-bond acceptors (Lipinski definition) is 8. The number of nitrogens with one attached hydrogen (secondary N) is 3. The fraction of sp³-hybridized carbons (Fsp3) is 0.407. The molecule has 1 atom stereocenters. The Bertz CT molecular complexity index is 1160. The predicted molar refractivity (Wildman–Crippen MR) is 149 cm³/mol. The molecule has 1 aliphatic heterocycles. The fourth-order valence-corrected chi connectivity index (χ4v) is 4.56. The van der Waals surface area contributed by atoms with Crippen LogP contribution in [0.25, 0.3) is 0 Å². The Hall–Kier alpha value is -3.07. The molecule has 0 saturated carbocycles. The van der Waals surface area contributed by atoms with Crippen molar-refractivity contribution in [2.45, 2.75) is 32.9 Å². The number of benzene rings is 2. The molecule has 0 radical (unpaired) electrons. The van der Waals surface area contributed by atoms with Gasteiger partial charge >= 0.3 is 0 Å². The van der Waals surface area contributed by atoms with E-state index in [2.05, 4.69) is 60.8 Å². The highest BCUT2D eigenvalue weighted by molar-refractivity contribution is 6.32. The van der Waals surface area contributed by atoms with Crippen LogP contribution in [0.4, 0.5) is 28.8 Å². The lowest BCUT2D eigenvalue weighted by Crippen LogP contribution is -2.32. The summed E-state index contributed by atoms with van der Waals surface area (Å²) < 4.78 is 5.98. The van der Waals surface area contributed by atoms with Crippen LogP contribution in [0.3, 0.4) is 0 Å². The molecule has 1 aromatic heterocycles. The average Bonchev–Trinajstić information content (AvgIpc) is 3.32. The topological polar surface area (TPSA) is 77.6 Å². The van der Waals surface area contributed by atoms with Gasteiger partial charge in [-0.25, -0.2) is 4.98 Å². The second kappa shape index (κ2) is 12.3. The average molecular weight is 510 g/mol. The van der Waals surface area contributed by atoms with Crippen LogP contribution in [0.2, 0.25) is 5.02 Å². The van der Waals surface area contributed by atoms with Crippen LogP contribution >= 0.6 is 11.6 Å². The van der Waals surface area contributed by atoms with Crippen molar-refractivity contribution in [2.75, 3.05) is 55.9 Å². The maximum atomic E-state index is 6.45. The number of likely N-dealkylation sites (N-methyl/N-ethyl adjacent to an activating group) is 1. The Kier molecular flexibility index (Phi) is 8.85. The maximum absolute atomic E-state index is 6.45. The summed E-state index contributed by atoms with van der Waals surface area (Å²) in [6.07, 6.45) is 2.75. The van der Waals surface area contributed by atoms with Crippen LogP contribution < -0.4 is 25.6 Å². The van der Waals surface area contributed by atoms with E-state index in [9.17, 15) is 0 Å². The predicted octanol–water partition coefficient (Wildman–Crippen LogP) is 5.27. The SMILES string of the molecule is CCN[C@@H]1CCN(c2ccc(Nc3ncc(Cl)c(Nc4ccccc4CN(C)C)n3)c(OCC)c2)C1. The second-order valence-electron chi connectivity index (χ2n) is 9.14. The van der Waals surface area contributed by atoms with Crippen LogP contribution in [-0.4, -0.2) is 61.2 Å². The lowest BCUT2D eigenvalue weighted by molar-refractivity contribution is 0.342. The standard InChI is InChI=1S/C27H36ClN7O/c1-5-29-20-13-14-35(18-20)21-11-12-24(25(15-21)36-6-2)32-27-30-16-22(28)26(33-27)31-23-10-8-7-9-19(23)17-34(3)4/h7-12,15-16,20,29H,5-6,13-14,17-18H2,1-4H3,(H2,30,31,32,33)/t20-/m1/s1. The highest BCUT2D eigenvalue weighted by Gasteiger charge is 2.22. The van der Waals surface area contributed by atoms with Gasteiger partial charge in [0.25, 0.3) is 0 Å². The molecule has 36 heavy (non-hydrogen) atoms. The van der Waals surface area contributed by atoms with Gasteiger partial charge < -0.3 is 30.5 Å². The Balaban J connectivity index is 1.54. The van der Waals surface area contributed by atoms with Crippen molar-refractivity contribution in [1.82, 2.24) is 20.2 Å². The highest BCUT2D eigenvalue weighted by Crippen LogP contribution is 2.34. The van der Waals surface area contributed by atoms with E-state index in [0.717, 1.165) is 61.0 Å². The number of para-hydroxylation sites is 1. The van der Waals surface area contributed by atoms with Gasteiger partial charge in [-0.3, -0.25) is 0 Å². The number of hydrogen-bond donors (Lipinski definition) is 3. The molecule has 0 amide bonds. The molecular formula is C27H36ClN7O. The van der Waals surface area contributed by atoms with Gasteiger partial charge in [-0.1, -0.05) is 36.7 Å². The largest absolute Gasteiger partial charge is 0.492 e. The molecular weight excluding hydrogens is 474 g/mol. The molecule has 1 fully saturated rings. The van der Waals surface area contributed by atoms with Crippen molar-refractivity contribution in [3.05, 3.63) is 59.2 Å². The van der Waals surface area contributed by atoms with Gasteiger partial charge in [-0.2, -0.15) is 4.98 Å². The van der Waals surface area contributed by atoms with Gasteiger partial charge in [0.05, 0.1) is 18.5 Å². The molecule has 3 aromatic rings. The zero-order chi connectivity index (χ0) is 25.5.